The van der Waals surface area contributed by atoms with Gasteiger partial charge in [-0.1, -0.05) is 64.7 Å². The molecule has 0 aliphatic heterocycles. The van der Waals surface area contributed by atoms with Gasteiger partial charge in [0.1, 0.15) is 0 Å². The summed E-state index contributed by atoms with van der Waals surface area (Å²) in [5, 5.41) is 0. The molecule has 0 rings (SSSR count). The monoisotopic (exact) mass is 388 g/mol. The third-order valence-electron chi connectivity index (χ3n) is 2.35. The van der Waals surface area contributed by atoms with E-state index in [0.717, 1.165) is 6.42 Å². The molecule has 4 N–H and O–H groups in total. The van der Waals surface area contributed by atoms with E-state index in [0.29, 0.717) is 0 Å². The van der Waals surface area contributed by atoms with Gasteiger partial charge in [-0.2, -0.15) is 23.3 Å². The molecule has 0 amide bonds. The van der Waals surface area contributed by atoms with E-state index in [1.54, 1.807) is 0 Å². The van der Waals surface area contributed by atoms with Crippen molar-refractivity contribution in [1.82, 2.24) is 0 Å². The Balaban J connectivity index is -0.000000137. The molecule has 11 heteroatoms. The molecule has 0 unspecified atom stereocenters. The Labute approximate surface area is 162 Å². The van der Waals surface area contributed by atoms with Gasteiger partial charge in [-0.15, -0.1) is 0 Å². The molecule has 0 radical (unpaired) electrons. The molecule has 0 bridgehead atoms. The second-order valence-corrected chi connectivity index (χ2v) is 6.37. The quantitative estimate of drug-likeness (QED) is 0.192. The normalized spacial score (nSPS) is 10.5. The maximum absolute atomic E-state index is 8.74. The molecule has 0 atom stereocenters. The summed E-state index contributed by atoms with van der Waals surface area (Å²) in [5.74, 6) is 0. The topological polar surface area (TPSA) is 149 Å². The second-order valence-electron chi connectivity index (χ2n) is 4.58. The van der Waals surface area contributed by atoms with Gasteiger partial charge in [0.05, 0.1) is 0 Å². The van der Waals surface area contributed by atoms with Crippen LogP contribution in [0.15, 0.2) is 0 Å². The molecule has 0 heterocycles. The average molecular weight is 388 g/mol. The average Bonchev–Trinajstić information content (AvgIpc) is 2.28. The summed E-state index contributed by atoms with van der Waals surface area (Å²) in [5.41, 5.74) is 0. The van der Waals surface area contributed by atoms with Gasteiger partial charge in [-0.25, -0.2) is 0 Å². The number of hydrogen-bond acceptors (Lipinski definition) is 4. The van der Waals surface area contributed by atoms with Crippen LogP contribution in [0.25, 0.3) is 0 Å². The zero-order valence-corrected chi connectivity index (χ0v) is 17.6. The fourth-order valence-electron chi connectivity index (χ4n) is 1.49. The SMILES string of the molecule is O=S(=O)(O)O.O=S(=O)(O)O.[CH2-]CCCCCCCCCCC.[Na+]. The molecular formula is C12H29NaO8S2. The smallest absolute Gasteiger partial charge is 0.343 e. The summed E-state index contributed by atoms with van der Waals surface area (Å²) in [4.78, 5) is 0. The minimum atomic E-state index is -4.67. The van der Waals surface area contributed by atoms with Gasteiger partial charge in [-0.05, 0) is 0 Å². The predicted molar refractivity (Wildman–Crippen MR) is 85.6 cm³/mol. The van der Waals surface area contributed by atoms with E-state index < -0.39 is 20.8 Å². The first-order valence-electron chi connectivity index (χ1n) is 7.10. The number of unbranched alkanes of at least 4 members (excludes halogenated alkanes) is 9. The predicted octanol–water partition coefficient (Wildman–Crippen LogP) is 0.440. The first kappa shape index (κ1) is 31.5. The standard InChI is InChI=1S/C12H25.Na.2H2O4S/c1-3-5-7-9-11-12-10-8-6-4-2;;2*1-5(2,3)4/h1,3-12H2,2H3;;2*(H2,1,2,3,4)/q-1;+1;;. The second kappa shape index (κ2) is 20.8. The van der Waals surface area contributed by atoms with Crippen molar-refractivity contribution < 1.29 is 64.6 Å². The summed E-state index contributed by atoms with van der Waals surface area (Å²) in [6.45, 7) is 6.12. The first-order chi connectivity index (χ1) is 9.91. The van der Waals surface area contributed by atoms with Crippen LogP contribution in [0.5, 0.6) is 0 Å². The molecule has 0 aromatic carbocycles. The zero-order chi connectivity index (χ0) is 18.1. The van der Waals surface area contributed by atoms with Gasteiger partial charge >= 0.3 is 50.4 Å². The molecule has 0 aliphatic carbocycles. The van der Waals surface area contributed by atoms with E-state index >= 15 is 0 Å². The van der Waals surface area contributed by atoms with Crippen molar-refractivity contribution in [3.8, 4) is 0 Å². The van der Waals surface area contributed by atoms with Crippen LogP contribution in [0.3, 0.4) is 0 Å². The van der Waals surface area contributed by atoms with Crippen molar-refractivity contribution in [2.75, 3.05) is 0 Å². The molecular weight excluding hydrogens is 359 g/mol. The molecule has 0 saturated carbocycles. The van der Waals surface area contributed by atoms with Crippen LogP contribution in [0.1, 0.15) is 71.1 Å². The van der Waals surface area contributed by atoms with Crippen molar-refractivity contribution in [3.05, 3.63) is 6.92 Å². The molecule has 23 heavy (non-hydrogen) atoms. The molecule has 0 aliphatic rings. The van der Waals surface area contributed by atoms with Crippen molar-refractivity contribution in [1.29, 1.82) is 0 Å². The van der Waals surface area contributed by atoms with Crippen molar-refractivity contribution in [2.45, 2.75) is 71.1 Å². The Morgan fingerprint density at radius 3 is 1.09 bits per heavy atom. The summed E-state index contributed by atoms with van der Waals surface area (Å²) >= 11 is 0. The van der Waals surface area contributed by atoms with E-state index in [2.05, 4.69) is 13.8 Å². The van der Waals surface area contributed by atoms with E-state index in [4.69, 9.17) is 35.0 Å². The molecule has 138 valence electrons. The van der Waals surface area contributed by atoms with Gasteiger partial charge in [0.15, 0.2) is 0 Å². The Hall–Kier alpha value is 0.740. The van der Waals surface area contributed by atoms with Crippen LogP contribution < -0.4 is 29.6 Å². The molecule has 0 spiro atoms. The van der Waals surface area contributed by atoms with E-state index in [9.17, 15) is 0 Å². The molecule has 0 saturated heterocycles. The summed E-state index contributed by atoms with van der Waals surface area (Å²) in [6.07, 6.45) is 13.9. The Morgan fingerprint density at radius 1 is 0.652 bits per heavy atom. The largest absolute Gasteiger partial charge is 1.00 e. The number of hydrogen-bond donors (Lipinski definition) is 4. The van der Waals surface area contributed by atoms with Crippen molar-refractivity contribution in [2.24, 2.45) is 0 Å². The van der Waals surface area contributed by atoms with Crippen LogP contribution in [-0.2, 0) is 20.8 Å². The van der Waals surface area contributed by atoms with Crippen molar-refractivity contribution >= 4 is 20.8 Å². The zero-order valence-electron chi connectivity index (χ0n) is 14.0. The van der Waals surface area contributed by atoms with E-state index in [1.807, 2.05) is 0 Å². The molecule has 8 nitrogen and oxygen atoms in total. The third-order valence-corrected chi connectivity index (χ3v) is 2.35. The van der Waals surface area contributed by atoms with Crippen LogP contribution in [0, 0.1) is 6.92 Å². The van der Waals surface area contributed by atoms with Gasteiger partial charge in [-0.3, -0.25) is 18.2 Å². The Morgan fingerprint density at radius 2 is 0.870 bits per heavy atom. The summed E-state index contributed by atoms with van der Waals surface area (Å²) < 4.78 is 63.2. The van der Waals surface area contributed by atoms with Crippen molar-refractivity contribution in [3.63, 3.8) is 0 Å². The van der Waals surface area contributed by atoms with Crippen LogP contribution in [0.4, 0.5) is 0 Å². The molecule has 0 aromatic rings. The van der Waals surface area contributed by atoms with Gasteiger partial charge in [0.2, 0.25) is 0 Å². The summed E-state index contributed by atoms with van der Waals surface area (Å²) in [6, 6.07) is 0. The fraction of sp³-hybridized carbons (Fsp3) is 0.917. The Kier molecular flexibility index (Phi) is 28.5. The fourth-order valence-corrected chi connectivity index (χ4v) is 1.49. The Bertz CT molecular complexity index is 353. The summed E-state index contributed by atoms with van der Waals surface area (Å²) in [7, 11) is -9.33. The van der Waals surface area contributed by atoms with Crippen LogP contribution in [0.2, 0.25) is 0 Å². The van der Waals surface area contributed by atoms with Crippen LogP contribution in [-0.4, -0.2) is 35.0 Å². The maximum Gasteiger partial charge on any atom is 1.00 e. The van der Waals surface area contributed by atoms with E-state index in [-0.39, 0.29) is 29.6 Å². The van der Waals surface area contributed by atoms with Gasteiger partial charge < -0.3 is 6.92 Å². The minimum Gasteiger partial charge on any atom is -0.343 e. The third kappa shape index (κ3) is 103. The van der Waals surface area contributed by atoms with E-state index in [1.165, 1.54) is 57.8 Å². The molecule has 0 fully saturated rings. The first-order valence-corrected chi connectivity index (χ1v) is 9.90. The van der Waals surface area contributed by atoms with Gasteiger partial charge in [0.25, 0.3) is 0 Å². The van der Waals surface area contributed by atoms with Crippen LogP contribution >= 0.6 is 0 Å². The molecule has 0 aromatic heterocycles. The maximum atomic E-state index is 8.74. The van der Waals surface area contributed by atoms with Gasteiger partial charge in [0, 0.05) is 0 Å². The minimum absolute atomic E-state index is 0. The number of rotatable bonds is 9.